The highest BCUT2D eigenvalue weighted by Crippen LogP contribution is 2.36. The Morgan fingerprint density at radius 2 is 2.17 bits per heavy atom. The highest BCUT2D eigenvalue weighted by Gasteiger charge is 2.21. The van der Waals surface area contributed by atoms with Crippen LogP contribution in [0.15, 0.2) is 28.7 Å². The van der Waals surface area contributed by atoms with Crippen molar-refractivity contribution in [3.05, 3.63) is 55.4 Å². The van der Waals surface area contributed by atoms with Gasteiger partial charge in [-0.05, 0) is 52.9 Å². The van der Waals surface area contributed by atoms with Crippen molar-refractivity contribution in [3.63, 3.8) is 0 Å². The molecular weight excluding hydrogens is 313 g/mol. The fourth-order valence-electron chi connectivity index (χ4n) is 2.42. The normalized spacial score (nSPS) is 15.7. The minimum Gasteiger partial charge on any atom is -0.320 e. The largest absolute Gasteiger partial charge is 0.320 e. The van der Waals surface area contributed by atoms with Crippen molar-refractivity contribution in [3.8, 4) is 0 Å². The van der Waals surface area contributed by atoms with Gasteiger partial charge in [0.2, 0.25) is 0 Å². The lowest BCUT2D eigenvalue weighted by molar-refractivity contribution is 0.594. The van der Waals surface area contributed by atoms with Crippen LogP contribution in [0.25, 0.3) is 0 Å². The van der Waals surface area contributed by atoms with Crippen LogP contribution in [-0.2, 0) is 12.8 Å². The molecule has 1 aliphatic carbocycles. The molecule has 1 aliphatic rings. The quantitative estimate of drug-likeness (QED) is 0.880. The van der Waals surface area contributed by atoms with Crippen LogP contribution in [-0.4, -0.2) is 0 Å². The van der Waals surface area contributed by atoms with Crippen molar-refractivity contribution in [2.45, 2.75) is 25.3 Å². The van der Waals surface area contributed by atoms with E-state index in [2.05, 4.69) is 22.0 Å². The van der Waals surface area contributed by atoms with E-state index in [0.29, 0.717) is 10.0 Å². The first kappa shape index (κ1) is 12.3. The molecule has 1 atom stereocenters. The first-order chi connectivity index (χ1) is 8.66. The molecular formula is C14H13BrFNS. The molecule has 0 aliphatic heterocycles. The average Bonchev–Trinajstić information content (AvgIpc) is 2.92. The number of thiophene rings is 1. The van der Waals surface area contributed by atoms with Crippen molar-refractivity contribution in [1.29, 1.82) is 0 Å². The predicted molar refractivity (Wildman–Crippen MR) is 76.5 cm³/mol. The number of aryl methyl sites for hydroxylation is 2. The molecule has 1 unspecified atom stereocenters. The van der Waals surface area contributed by atoms with E-state index in [1.54, 1.807) is 23.5 Å². The highest BCUT2D eigenvalue weighted by atomic mass is 79.9. The third kappa shape index (κ3) is 2.02. The minimum absolute atomic E-state index is 0.251. The number of rotatable bonds is 2. The summed E-state index contributed by atoms with van der Waals surface area (Å²) in [5, 5.41) is 0. The molecule has 4 heteroatoms. The molecule has 0 spiro atoms. The Kier molecular flexibility index (Phi) is 3.26. The summed E-state index contributed by atoms with van der Waals surface area (Å²) in [6, 6.07) is 7.06. The maximum absolute atomic E-state index is 14.0. The maximum Gasteiger partial charge on any atom is 0.142 e. The zero-order valence-corrected chi connectivity index (χ0v) is 12.2. The Labute approximate surface area is 118 Å². The molecule has 0 saturated carbocycles. The van der Waals surface area contributed by atoms with Gasteiger partial charge in [-0.15, -0.1) is 11.3 Å². The lowest BCUT2D eigenvalue weighted by Crippen LogP contribution is -2.12. The van der Waals surface area contributed by atoms with Crippen molar-refractivity contribution < 1.29 is 4.39 Å². The minimum atomic E-state index is -0.363. The van der Waals surface area contributed by atoms with E-state index in [0.717, 1.165) is 17.7 Å². The first-order valence-corrected chi connectivity index (χ1v) is 7.58. The summed E-state index contributed by atoms with van der Waals surface area (Å²) in [5.74, 6) is -0.251. The summed E-state index contributed by atoms with van der Waals surface area (Å²) in [6.45, 7) is 0. The van der Waals surface area contributed by atoms with Gasteiger partial charge in [0.1, 0.15) is 5.82 Å². The molecule has 0 saturated heterocycles. The van der Waals surface area contributed by atoms with Crippen LogP contribution in [0.2, 0.25) is 0 Å². The zero-order chi connectivity index (χ0) is 12.7. The first-order valence-electron chi connectivity index (χ1n) is 5.98. The fourth-order valence-corrected chi connectivity index (χ4v) is 4.08. The van der Waals surface area contributed by atoms with Gasteiger partial charge in [-0.1, -0.05) is 12.1 Å². The second kappa shape index (κ2) is 4.76. The number of benzene rings is 1. The van der Waals surface area contributed by atoms with Gasteiger partial charge < -0.3 is 5.73 Å². The molecule has 18 heavy (non-hydrogen) atoms. The number of hydrogen-bond donors (Lipinski definition) is 1. The van der Waals surface area contributed by atoms with Gasteiger partial charge in [-0.25, -0.2) is 4.39 Å². The molecule has 0 amide bonds. The molecule has 2 aromatic rings. The van der Waals surface area contributed by atoms with Crippen LogP contribution in [0.3, 0.4) is 0 Å². The predicted octanol–water partition coefficient (Wildman–Crippen LogP) is 4.19. The average molecular weight is 326 g/mol. The van der Waals surface area contributed by atoms with E-state index in [-0.39, 0.29) is 11.9 Å². The van der Waals surface area contributed by atoms with Crippen molar-refractivity contribution in [2.24, 2.45) is 5.73 Å². The van der Waals surface area contributed by atoms with Crippen LogP contribution in [0.4, 0.5) is 4.39 Å². The third-order valence-electron chi connectivity index (χ3n) is 3.39. The number of halogens is 2. The molecule has 94 valence electrons. The molecule has 0 fully saturated rings. The van der Waals surface area contributed by atoms with Gasteiger partial charge >= 0.3 is 0 Å². The second-order valence-corrected chi connectivity index (χ2v) is 6.59. The summed E-state index contributed by atoms with van der Waals surface area (Å²) >= 11 is 4.94. The molecule has 1 heterocycles. The topological polar surface area (TPSA) is 26.0 Å². The Morgan fingerprint density at radius 1 is 1.33 bits per heavy atom. The van der Waals surface area contributed by atoms with Gasteiger partial charge in [-0.2, -0.15) is 0 Å². The van der Waals surface area contributed by atoms with E-state index >= 15 is 0 Å². The Morgan fingerprint density at radius 3 is 2.94 bits per heavy atom. The summed E-state index contributed by atoms with van der Waals surface area (Å²) in [7, 11) is 0. The van der Waals surface area contributed by atoms with E-state index in [4.69, 9.17) is 5.73 Å². The van der Waals surface area contributed by atoms with Crippen LogP contribution >= 0.6 is 27.3 Å². The van der Waals surface area contributed by atoms with E-state index in [9.17, 15) is 4.39 Å². The van der Waals surface area contributed by atoms with Gasteiger partial charge in [0.15, 0.2) is 0 Å². The van der Waals surface area contributed by atoms with E-state index in [1.807, 2.05) is 6.07 Å². The van der Waals surface area contributed by atoms with E-state index < -0.39 is 0 Å². The molecule has 3 rings (SSSR count). The van der Waals surface area contributed by atoms with E-state index in [1.165, 1.54) is 16.9 Å². The Hall–Kier alpha value is -0.710. The molecule has 2 N–H and O–H groups in total. The fraction of sp³-hybridized carbons (Fsp3) is 0.286. The van der Waals surface area contributed by atoms with Gasteiger partial charge in [0.05, 0.1) is 10.5 Å². The van der Waals surface area contributed by atoms with Gasteiger partial charge in [-0.3, -0.25) is 0 Å². The van der Waals surface area contributed by atoms with Crippen LogP contribution < -0.4 is 5.73 Å². The maximum atomic E-state index is 14.0. The molecule has 1 aromatic carbocycles. The standard InChI is InChI=1S/C14H13BrFNS/c15-10-5-2-4-9(13(10)16)14(17)12-7-8-3-1-6-11(8)18-12/h2,4-5,7,14H,1,3,6,17H2. The smallest absolute Gasteiger partial charge is 0.142 e. The SMILES string of the molecule is NC(c1cc2c(s1)CCC2)c1cccc(Br)c1F. The second-order valence-electron chi connectivity index (χ2n) is 4.57. The van der Waals surface area contributed by atoms with Crippen LogP contribution in [0, 0.1) is 5.82 Å². The van der Waals surface area contributed by atoms with Gasteiger partial charge in [0, 0.05) is 15.3 Å². The summed E-state index contributed by atoms with van der Waals surface area (Å²) < 4.78 is 14.5. The lowest BCUT2D eigenvalue weighted by atomic mass is 10.0. The Bertz CT molecular complexity index is 572. The Balaban J connectivity index is 1.98. The zero-order valence-electron chi connectivity index (χ0n) is 9.75. The van der Waals surface area contributed by atoms with Crippen LogP contribution in [0.5, 0.6) is 0 Å². The summed E-state index contributed by atoms with van der Waals surface area (Å²) in [6.07, 6.45) is 3.52. The molecule has 1 nitrogen and oxygen atoms in total. The van der Waals surface area contributed by atoms with Crippen molar-refractivity contribution >= 4 is 27.3 Å². The van der Waals surface area contributed by atoms with Crippen molar-refractivity contribution in [2.75, 3.05) is 0 Å². The molecule has 0 bridgehead atoms. The molecule has 0 radical (unpaired) electrons. The summed E-state index contributed by atoms with van der Waals surface area (Å²) in [4.78, 5) is 2.49. The highest BCUT2D eigenvalue weighted by molar-refractivity contribution is 9.10. The number of nitrogens with two attached hydrogens (primary N) is 1. The monoisotopic (exact) mass is 325 g/mol. The number of hydrogen-bond acceptors (Lipinski definition) is 2. The van der Waals surface area contributed by atoms with Gasteiger partial charge in [0.25, 0.3) is 0 Å². The lowest BCUT2D eigenvalue weighted by Gasteiger charge is -2.12. The third-order valence-corrected chi connectivity index (χ3v) is 5.32. The molecule has 1 aromatic heterocycles. The summed E-state index contributed by atoms with van der Waals surface area (Å²) in [5.41, 5.74) is 8.16. The number of fused-ring (bicyclic) bond motifs is 1. The van der Waals surface area contributed by atoms with Crippen molar-refractivity contribution in [1.82, 2.24) is 0 Å². The van der Waals surface area contributed by atoms with Crippen LogP contribution in [0.1, 0.15) is 33.3 Å².